The quantitative estimate of drug-likeness (QED) is 0.419. The summed E-state index contributed by atoms with van der Waals surface area (Å²) < 4.78 is 61.6. The maximum atomic E-state index is 14.1. The maximum Gasteiger partial charge on any atom is 0.417 e. The van der Waals surface area contributed by atoms with E-state index in [-0.39, 0.29) is 49.7 Å². The third-order valence-electron chi connectivity index (χ3n) is 7.04. The number of carbonyl (C=O) groups excluding carboxylic acids is 2. The van der Waals surface area contributed by atoms with Gasteiger partial charge in [0.25, 0.3) is 5.91 Å². The minimum absolute atomic E-state index is 0.0830. The Kier molecular flexibility index (Phi) is 8.14. The Morgan fingerprint density at radius 3 is 2.60 bits per heavy atom. The van der Waals surface area contributed by atoms with Crippen LogP contribution in [0, 0.1) is 0 Å². The highest BCUT2D eigenvalue weighted by Gasteiger charge is 2.36. The first-order chi connectivity index (χ1) is 19.8. The second-order valence-electron chi connectivity index (χ2n) is 11.2. The number of hydrogen-bond donors (Lipinski definition) is 2. The first-order valence-corrected chi connectivity index (χ1v) is 13.4. The maximum absolute atomic E-state index is 14.1. The number of pyridine rings is 2. The number of halogens is 3. The minimum Gasteiger partial charge on any atom is -0.444 e. The Morgan fingerprint density at radius 1 is 1.17 bits per heavy atom. The molecule has 2 amide bonds. The van der Waals surface area contributed by atoms with Gasteiger partial charge in [0.05, 0.1) is 60.8 Å². The van der Waals surface area contributed by atoms with E-state index in [1.165, 1.54) is 18.1 Å². The van der Waals surface area contributed by atoms with Crippen LogP contribution in [0.3, 0.4) is 0 Å². The van der Waals surface area contributed by atoms with Gasteiger partial charge in [0.1, 0.15) is 17.1 Å². The molecule has 226 valence electrons. The summed E-state index contributed by atoms with van der Waals surface area (Å²) in [6, 6.07) is 3.22. The van der Waals surface area contributed by atoms with Crippen molar-refractivity contribution in [1.82, 2.24) is 19.9 Å². The van der Waals surface area contributed by atoms with Crippen molar-refractivity contribution in [3.63, 3.8) is 0 Å². The van der Waals surface area contributed by atoms with Crippen molar-refractivity contribution in [2.75, 3.05) is 25.6 Å². The van der Waals surface area contributed by atoms with Gasteiger partial charge < -0.3 is 28.8 Å². The Balaban J connectivity index is 1.49. The Hall–Kier alpha value is -3.75. The fourth-order valence-corrected chi connectivity index (χ4v) is 5.06. The molecule has 3 aromatic heterocycles. The fourth-order valence-electron chi connectivity index (χ4n) is 5.06. The average Bonchev–Trinajstić information content (AvgIpc) is 3.58. The number of aromatic amines is 1. The van der Waals surface area contributed by atoms with Crippen molar-refractivity contribution in [2.45, 2.75) is 70.9 Å². The van der Waals surface area contributed by atoms with Crippen LogP contribution >= 0.6 is 0 Å². The number of aromatic nitrogens is 3. The van der Waals surface area contributed by atoms with Crippen molar-refractivity contribution in [3.8, 4) is 0 Å². The molecular formula is C28H32F3N5O6. The summed E-state index contributed by atoms with van der Waals surface area (Å²) in [6.07, 6.45) is -4.28. The molecule has 1 saturated heterocycles. The van der Waals surface area contributed by atoms with Gasteiger partial charge in [-0.15, -0.1) is 0 Å². The molecule has 0 unspecified atom stereocenters. The van der Waals surface area contributed by atoms with E-state index in [1.807, 2.05) is 0 Å². The molecule has 1 fully saturated rings. The normalized spacial score (nSPS) is 19.0. The molecule has 2 atom stereocenters. The second-order valence-corrected chi connectivity index (χ2v) is 11.2. The topological polar surface area (TPSA) is 128 Å². The zero-order valence-corrected chi connectivity index (χ0v) is 23.6. The molecular weight excluding hydrogens is 559 g/mol. The van der Waals surface area contributed by atoms with E-state index in [0.717, 1.165) is 17.8 Å². The standard InChI is InChI=1S/C28H32F3N5O6/c1-27(2,3)42-26(38)35-24-18-13-41-12-17(18)23-19(34-24)9-20(33-23)25(37)36(21-14-40-8-7-22(21)39-4)11-16-6-5-15(10-32-16)28(29,30)31/h5-6,9-10,21-22,33H,7-8,11-14H2,1-4H3,(H,34,35,38)/t21-,22-/m1/s1. The number of amides is 2. The van der Waals surface area contributed by atoms with Crippen LogP contribution in [0.5, 0.6) is 0 Å². The number of alkyl halides is 3. The first-order valence-electron chi connectivity index (χ1n) is 13.4. The molecule has 2 aliphatic heterocycles. The van der Waals surface area contributed by atoms with Crippen LogP contribution in [0.25, 0.3) is 11.0 Å². The lowest BCUT2D eigenvalue weighted by Gasteiger charge is -2.38. The first kappa shape index (κ1) is 29.7. The largest absolute Gasteiger partial charge is 0.444 e. The predicted octanol–water partition coefficient (Wildman–Crippen LogP) is 4.80. The Bertz CT molecular complexity index is 1470. The molecule has 14 heteroatoms. The van der Waals surface area contributed by atoms with Gasteiger partial charge in [-0.3, -0.25) is 15.1 Å². The lowest BCUT2D eigenvalue weighted by atomic mass is 10.0. The summed E-state index contributed by atoms with van der Waals surface area (Å²) in [5.41, 5.74) is 1.28. The summed E-state index contributed by atoms with van der Waals surface area (Å²) in [5.74, 6) is -0.172. The van der Waals surface area contributed by atoms with Gasteiger partial charge in [-0.1, -0.05) is 0 Å². The number of carbonyl (C=O) groups is 2. The fraction of sp³-hybridized carbons (Fsp3) is 0.500. The van der Waals surface area contributed by atoms with Crippen LogP contribution in [-0.2, 0) is 44.9 Å². The summed E-state index contributed by atoms with van der Waals surface area (Å²) in [5, 5.41) is 2.68. The summed E-state index contributed by atoms with van der Waals surface area (Å²) in [4.78, 5) is 39.7. The van der Waals surface area contributed by atoms with Crippen molar-refractivity contribution < 1.29 is 41.7 Å². The molecule has 0 aliphatic carbocycles. The molecule has 0 saturated carbocycles. The van der Waals surface area contributed by atoms with Crippen LogP contribution in [0.2, 0.25) is 0 Å². The van der Waals surface area contributed by atoms with Gasteiger partial charge in [0.15, 0.2) is 0 Å². The van der Waals surface area contributed by atoms with Crippen LogP contribution in [0.4, 0.5) is 23.8 Å². The number of H-pyrrole nitrogens is 1. The van der Waals surface area contributed by atoms with Gasteiger partial charge in [-0.05, 0) is 45.4 Å². The van der Waals surface area contributed by atoms with Crippen molar-refractivity contribution in [2.24, 2.45) is 0 Å². The molecule has 0 spiro atoms. The summed E-state index contributed by atoms with van der Waals surface area (Å²) >= 11 is 0. The van der Waals surface area contributed by atoms with Crippen LogP contribution in [0.15, 0.2) is 24.4 Å². The van der Waals surface area contributed by atoms with E-state index in [4.69, 9.17) is 18.9 Å². The third kappa shape index (κ3) is 6.35. The van der Waals surface area contributed by atoms with Crippen LogP contribution in [-0.4, -0.2) is 69.9 Å². The predicted molar refractivity (Wildman–Crippen MR) is 144 cm³/mol. The monoisotopic (exact) mass is 591 g/mol. The molecule has 0 radical (unpaired) electrons. The molecule has 3 aromatic rings. The van der Waals surface area contributed by atoms with Gasteiger partial charge in [-0.25, -0.2) is 9.78 Å². The average molecular weight is 592 g/mol. The number of anilines is 1. The number of nitrogens with one attached hydrogen (secondary N) is 2. The number of hydrogen-bond acceptors (Lipinski definition) is 8. The number of methoxy groups -OCH3 is 1. The molecule has 5 heterocycles. The lowest BCUT2D eigenvalue weighted by Crippen LogP contribution is -2.52. The van der Waals surface area contributed by atoms with Gasteiger partial charge in [0.2, 0.25) is 0 Å². The van der Waals surface area contributed by atoms with Crippen LogP contribution in [0.1, 0.15) is 60.1 Å². The van der Waals surface area contributed by atoms with Crippen molar-refractivity contribution in [1.29, 1.82) is 0 Å². The molecule has 11 nitrogen and oxygen atoms in total. The highest BCUT2D eigenvalue weighted by molar-refractivity contribution is 5.99. The van der Waals surface area contributed by atoms with E-state index < -0.39 is 35.4 Å². The zero-order chi connectivity index (χ0) is 30.2. The van der Waals surface area contributed by atoms with Crippen molar-refractivity contribution in [3.05, 3.63) is 52.5 Å². The molecule has 42 heavy (non-hydrogen) atoms. The lowest BCUT2D eigenvalue weighted by molar-refractivity contribution is -0.137. The second kappa shape index (κ2) is 11.5. The number of ether oxygens (including phenoxy) is 4. The van der Waals surface area contributed by atoms with E-state index in [0.29, 0.717) is 29.6 Å². The third-order valence-corrected chi connectivity index (χ3v) is 7.04. The Labute approximate surface area is 239 Å². The van der Waals surface area contributed by atoms with Gasteiger partial charge in [-0.2, -0.15) is 13.2 Å². The minimum atomic E-state index is -4.53. The van der Waals surface area contributed by atoms with E-state index in [2.05, 4.69) is 20.3 Å². The molecule has 2 aliphatic rings. The summed E-state index contributed by atoms with van der Waals surface area (Å²) in [7, 11) is 1.54. The van der Waals surface area contributed by atoms with E-state index in [9.17, 15) is 22.8 Å². The summed E-state index contributed by atoms with van der Waals surface area (Å²) in [6.45, 7) is 6.25. The molecule has 5 rings (SSSR count). The highest BCUT2D eigenvalue weighted by Crippen LogP contribution is 2.34. The SMILES string of the molecule is CO[C@@H]1CCOC[C@H]1N(Cc1ccc(C(F)(F)F)cn1)C(=O)c1cc2nc(NC(=O)OC(C)(C)C)c3c(c2[nH]1)COC3. The van der Waals surface area contributed by atoms with Crippen molar-refractivity contribution >= 4 is 28.9 Å². The van der Waals surface area contributed by atoms with E-state index >= 15 is 0 Å². The molecule has 0 aromatic carbocycles. The Morgan fingerprint density at radius 2 is 1.93 bits per heavy atom. The van der Waals surface area contributed by atoms with Crippen LogP contribution < -0.4 is 5.32 Å². The molecule has 0 bridgehead atoms. The van der Waals surface area contributed by atoms with E-state index in [1.54, 1.807) is 26.8 Å². The number of rotatable bonds is 6. The number of fused-ring (bicyclic) bond motifs is 3. The highest BCUT2D eigenvalue weighted by atomic mass is 19.4. The van der Waals surface area contributed by atoms with Gasteiger partial charge >= 0.3 is 12.3 Å². The smallest absolute Gasteiger partial charge is 0.417 e. The zero-order valence-electron chi connectivity index (χ0n) is 23.6. The van der Waals surface area contributed by atoms with Gasteiger partial charge in [0, 0.05) is 31.0 Å². The number of nitrogens with zero attached hydrogens (tertiary/aromatic N) is 3. The molecule has 2 N–H and O–H groups in total.